The number of piperidine rings is 1. The number of urea groups is 2. The zero-order chi connectivity index (χ0) is 23.1. The molecule has 0 radical (unpaired) electrons. The van der Waals surface area contributed by atoms with Gasteiger partial charge in [0.15, 0.2) is 0 Å². The molecule has 0 spiro atoms. The zero-order valence-electron chi connectivity index (χ0n) is 18.8. The molecule has 1 atom stereocenters. The van der Waals surface area contributed by atoms with Gasteiger partial charge in [-0.05, 0) is 81.1 Å². The molecule has 1 fully saturated rings. The van der Waals surface area contributed by atoms with Crippen LogP contribution < -0.4 is 21.3 Å². The molecule has 1 aliphatic heterocycles. The predicted octanol–water partition coefficient (Wildman–Crippen LogP) is 4.33. The lowest BCUT2D eigenvalue weighted by Gasteiger charge is -2.32. The van der Waals surface area contributed by atoms with Crippen molar-refractivity contribution in [1.82, 2.24) is 10.2 Å². The van der Waals surface area contributed by atoms with E-state index in [1.807, 2.05) is 39.0 Å². The Morgan fingerprint density at radius 3 is 2.12 bits per heavy atom. The first-order valence-electron chi connectivity index (χ1n) is 10.9. The largest absolute Gasteiger partial charge is 0.356 e. The molecule has 32 heavy (non-hydrogen) atoms. The lowest BCUT2D eigenvalue weighted by Crippen LogP contribution is -2.46. The SMILES string of the molecule is CCNC(=O)[C@@H]1CCCN(C(=O)Nc2ccc(NC(=O)Nc3cc(C)cc(C)c3)cc2)C1. The predicted molar refractivity (Wildman–Crippen MR) is 127 cm³/mol. The van der Waals surface area contributed by atoms with Crippen molar-refractivity contribution in [3.63, 3.8) is 0 Å². The molecule has 2 aromatic carbocycles. The molecule has 8 nitrogen and oxygen atoms in total. The summed E-state index contributed by atoms with van der Waals surface area (Å²) in [6.45, 7) is 7.47. The van der Waals surface area contributed by atoms with Crippen LogP contribution in [0.3, 0.4) is 0 Å². The third-order valence-electron chi connectivity index (χ3n) is 5.30. The fourth-order valence-electron chi connectivity index (χ4n) is 3.87. The minimum atomic E-state index is -0.337. The van der Waals surface area contributed by atoms with E-state index in [1.54, 1.807) is 29.2 Å². The van der Waals surface area contributed by atoms with Gasteiger partial charge < -0.3 is 26.2 Å². The Bertz CT molecular complexity index is 954. The second-order valence-electron chi connectivity index (χ2n) is 8.14. The average molecular weight is 438 g/mol. The Labute approximate surface area is 188 Å². The van der Waals surface area contributed by atoms with Gasteiger partial charge in [0.1, 0.15) is 0 Å². The number of hydrogen-bond donors (Lipinski definition) is 4. The van der Waals surface area contributed by atoms with Crippen LogP contribution in [0.25, 0.3) is 0 Å². The summed E-state index contributed by atoms with van der Waals surface area (Å²) in [5.74, 6) is -0.170. The van der Waals surface area contributed by atoms with Crippen molar-refractivity contribution in [2.45, 2.75) is 33.6 Å². The highest BCUT2D eigenvalue weighted by Crippen LogP contribution is 2.20. The topological polar surface area (TPSA) is 103 Å². The number of anilines is 3. The van der Waals surface area contributed by atoms with Gasteiger partial charge in [0, 0.05) is 36.7 Å². The van der Waals surface area contributed by atoms with Gasteiger partial charge in [0.25, 0.3) is 0 Å². The number of carbonyl (C=O) groups excluding carboxylic acids is 3. The second kappa shape index (κ2) is 10.7. The van der Waals surface area contributed by atoms with Crippen LogP contribution in [0.15, 0.2) is 42.5 Å². The van der Waals surface area contributed by atoms with Crippen molar-refractivity contribution in [2.24, 2.45) is 5.92 Å². The fourth-order valence-corrected chi connectivity index (χ4v) is 3.87. The molecule has 0 aliphatic carbocycles. The first kappa shape index (κ1) is 23.1. The van der Waals surface area contributed by atoms with Crippen molar-refractivity contribution in [3.05, 3.63) is 53.6 Å². The van der Waals surface area contributed by atoms with Crippen LogP contribution in [0.4, 0.5) is 26.7 Å². The zero-order valence-corrected chi connectivity index (χ0v) is 18.8. The summed E-state index contributed by atoms with van der Waals surface area (Å²) in [6, 6.07) is 12.2. The van der Waals surface area contributed by atoms with Gasteiger partial charge in [-0.25, -0.2) is 9.59 Å². The van der Waals surface area contributed by atoms with E-state index in [1.165, 1.54) is 0 Å². The lowest BCUT2D eigenvalue weighted by molar-refractivity contribution is -0.126. The minimum absolute atomic E-state index is 0.000437. The highest BCUT2D eigenvalue weighted by Gasteiger charge is 2.28. The Hall–Kier alpha value is -3.55. The number of benzene rings is 2. The van der Waals surface area contributed by atoms with E-state index in [-0.39, 0.29) is 23.9 Å². The maximum atomic E-state index is 12.6. The smallest absolute Gasteiger partial charge is 0.323 e. The molecule has 4 N–H and O–H groups in total. The van der Waals surface area contributed by atoms with Crippen LogP contribution >= 0.6 is 0 Å². The Balaban J connectivity index is 1.52. The van der Waals surface area contributed by atoms with E-state index in [2.05, 4.69) is 21.3 Å². The highest BCUT2D eigenvalue weighted by molar-refractivity contribution is 6.00. The van der Waals surface area contributed by atoms with Crippen molar-refractivity contribution in [3.8, 4) is 0 Å². The molecular formula is C24H31N5O3. The maximum Gasteiger partial charge on any atom is 0.323 e. The molecule has 1 saturated heterocycles. The molecule has 0 bridgehead atoms. The fraction of sp³-hybridized carbons (Fsp3) is 0.375. The highest BCUT2D eigenvalue weighted by atomic mass is 16.2. The van der Waals surface area contributed by atoms with Gasteiger partial charge in [-0.15, -0.1) is 0 Å². The summed E-state index contributed by atoms with van der Waals surface area (Å²) in [7, 11) is 0. The molecule has 1 aliphatic rings. The van der Waals surface area contributed by atoms with E-state index in [0.29, 0.717) is 31.0 Å². The lowest BCUT2D eigenvalue weighted by atomic mass is 9.97. The summed E-state index contributed by atoms with van der Waals surface area (Å²) in [4.78, 5) is 38.7. The first-order valence-corrected chi connectivity index (χ1v) is 10.9. The third kappa shape index (κ3) is 6.47. The number of likely N-dealkylation sites (tertiary alicyclic amines) is 1. The molecular weight excluding hydrogens is 406 g/mol. The molecule has 3 rings (SSSR count). The van der Waals surface area contributed by atoms with Gasteiger partial charge in [0.05, 0.1) is 5.92 Å². The summed E-state index contributed by atoms with van der Waals surface area (Å²) in [5.41, 5.74) is 4.11. The normalized spacial score (nSPS) is 15.6. The van der Waals surface area contributed by atoms with Crippen molar-refractivity contribution < 1.29 is 14.4 Å². The quantitative estimate of drug-likeness (QED) is 0.560. The van der Waals surface area contributed by atoms with Crippen LogP contribution in [-0.2, 0) is 4.79 Å². The van der Waals surface area contributed by atoms with Crippen LogP contribution in [0, 0.1) is 19.8 Å². The van der Waals surface area contributed by atoms with Crippen LogP contribution in [0.2, 0.25) is 0 Å². The van der Waals surface area contributed by atoms with E-state index < -0.39 is 0 Å². The number of carbonyl (C=O) groups is 3. The van der Waals surface area contributed by atoms with E-state index in [0.717, 1.165) is 29.7 Å². The Kier molecular flexibility index (Phi) is 7.70. The van der Waals surface area contributed by atoms with Crippen molar-refractivity contribution in [2.75, 3.05) is 35.6 Å². The van der Waals surface area contributed by atoms with E-state index in [4.69, 9.17) is 0 Å². The Morgan fingerprint density at radius 1 is 0.906 bits per heavy atom. The van der Waals surface area contributed by atoms with E-state index in [9.17, 15) is 14.4 Å². The average Bonchev–Trinajstić information content (AvgIpc) is 2.74. The van der Waals surface area contributed by atoms with E-state index >= 15 is 0 Å². The van der Waals surface area contributed by atoms with Crippen LogP contribution in [0.1, 0.15) is 30.9 Å². The monoisotopic (exact) mass is 437 g/mol. The number of rotatable bonds is 5. The molecule has 8 heteroatoms. The van der Waals surface area contributed by atoms with Gasteiger partial charge in [-0.1, -0.05) is 6.07 Å². The van der Waals surface area contributed by atoms with Crippen LogP contribution in [-0.4, -0.2) is 42.5 Å². The summed E-state index contributed by atoms with van der Waals surface area (Å²) in [6.07, 6.45) is 1.59. The second-order valence-corrected chi connectivity index (χ2v) is 8.14. The number of amides is 5. The first-order chi connectivity index (χ1) is 15.3. The Morgan fingerprint density at radius 2 is 1.50 bits per heavy atom. The van der Waals surface area contributed by atoms with Gasteiger partial charge in [0.2, 0.25) is 5.91 Å². The minimum Gasteiger partial charge on any atom is -0.356 e. The molecule has 5 amide bonds. The maximum absolute atomic E-state index is 12.6. The summed E-state index contributed by atoms with van der Waals surface area (Å²) in [5, 5.41) is 11.3. The molecule has 0 unspecified atom stereocenters. The van der Waals surface area contributed by atoms with Gasteiger partial charge in [-0.3, -0.25) is 4.79 Å². The summed E-state index contributed by atoms with van der Waals surface area (Å²) < 4.78 is 0. The van der Waals surface area contributed by atoms with Crippen molar-refractivity contribution in [1.29, 1.82) is 0 Å². The molecule has 170 valence electrons. The standard InChI is InChI=1S/C24H31N5O3/c1-4-25-22(30)18-6-5-11-29(15-18)24(32)28-20-9-7-19(8-10-20)26-23(31)27-21-13-16(2)12-17(3)14-21/h7-10,12-14,18H,4-6,11,15H2,1-3H3,(H,25,30)(H,28,32)(H2,26,27,31)/t18-/m1/s1. The number of nitrogens with zero attached hydrogens (tertiary/aromatic N) is 1. The summed E-state index contributed by atoms with van der Waals surface area (Å²) >= 11 is 0. The van der Waals surface area contributed by atoms with Crippen molar-refractivity contribution >= 4 is 35.0 Å². The molecule has 2 aromatic rings. The number of nitrogens with one attached hydrogen (secondary N) is 4. The molecule has 0 aromatic heterocycles. The number of hydrogen-bond acceptors (Lipinski definition) is 3. The molecule has 0 saturated carbocycles. The number of aryl methyl sites for hydroxylation is 2. The van der Waals surface area contributed by atoms with Crippen LogP contribution in [0.5, 0.6) is 0 Å². The van der Waals surface area contributed by atoms with Gasteiger partial charge >= 0.3 is 12.1 Å². The molecule has 1 heterocycles. The van der Waals surface area contributed by atoms with Gasteiger partial charge in [-0.2, -0.15) is 0 Å². The third-order valence-corrected chi connectivity index (χ3v) is 5.30.